The molecule has 127 valence electrons. The number of nitrogens with zero attached hydrogens (tertiary/aromatic N) is 3. The number of pyridine rings is 1. The number of fused-ring (bicyclic) bond motifs is 2. The van der Waals surface area contributed by atoms with Gasteiger partial charge in [-0.15, -0.1) is 5.10 Å². The Morgan fingerprint density at radius 3 is 2.88 bits per heavy atom. The highest BCUT2D eigenvalue weighted by molar-refractivity contribution is 5.92. The molecule has 26 heavy (non-hydrogen) atoms. The van der Waals surface area contributed by atoms with Crippen LogP contribution in [0.5, 0.6) is 5.75 Å². The lowest BCUT2D eigenvalue weighted by atomic mass is 9.94. The molecule has 0 fully saturated rings. The van der Waals surface area contributed by atoms with Crippen molar-refractivity contribution in [2.45, 2.75) is 13.1 Å². The summed E-state index contributed by atoms with van der Waals surface area (Å²) in [6, 6.07) is 16.8. The van der Waals surface area contributed by atoms with E-state index in [1.165, 1.54) is 16.7 Å². The van der Waals surface area contributed by atoms with E-state index in [1.807, 2.05) is 24.4 Å². The minimum Gasteiger partial charge on any atom is -0.497 e. The molecule has 1 aliphatic heterocycles. The fraction of sp³-hybridized carbons (Fsp3) is 0.143. The van der Waals surface area contributed by atoms with Crippen LogP contribution >= 0.6 is 0 Å². The lowest BCUT2D eigenvalue weighted by Gasteiger charge is -2.13. The quantitative estimate of drug-likeness (QED) is 0.620. The minimum atomic E-state index is 0.786. The Balaban J connectivity index is 1.77. The Morgan fingerprint density at radius 2 is 1.96 bits per heavy atom. The van der Waals surface area contributed by atoms with Crippen molar-refractivity contribution in [2.75, 3.05) is 7.11 Å². The molecule has 2 aromatic carbocycles. The van der Waals surface area contributed by atoms with E-state index >= 15 is 0 Å². The van der Waals surface area contributed by atoms with Crippen molar-refractivity contribution >= 4 is 5.65 Å². The zero-order chi connectivity index (χ0) is 17.5. The summed E-state index contributed by atoms with van der Waals surface area (Å²) >= 11 is 0. The van der Waals surface area contributed by atoms with E-state index in [1.54, 1.807) is 11.6 Å². The summed E-state index contributed by atoms with van der Waals surface area (Å²) in [6.45, 7) is 1.86. The topological polar surface area (TPSA) is 51.5 Å². The Bertz CT molecular complexity index is 1120. The summed E-state index contributed by atoms with van der Waals surface area (Å²) < 4.78 is 7.17. The van der Waals surface area contributed by atoms with E-state index in [4.69, 9.17) is 4.74 Å². The van der Waals surface area contributed by atoms with Crippen LogP contribution in [0, 0.1) is 6.33 Å². The molecule has 0 amide bonds. The van der Waals surface area contributed by atoms with Crippen LogP contribution in [0.1, 0.15) is 11.1 Å². The minimum absolute atomic E-state index is 0.786. The van der Waals surface area contributed by atoms with Gasteiger partial charge in [0.1, 0.15) is 5.75 Å². The smallest absolute Gasteiger partial charge is 0.221 e. The predicted molar refractivity (Wildman–Crippen MR) is 99.8 cm³/mol. The maximum absolute atomic E-state index is 5.42. The van der Waals surface area contributed by atoms with E-state index in [2.05, 4.69) is 52.1 Å². The highest BCUT2D eigenvalue weighted by Gasteiger charge is 2.17. The van der Waals surface area contributed by atoms with Gasteiger partial charge in [0.25, 0.3) is 0 Å². The normalized spacial score (nSPS) is 13.1. The van der Waals surface area contributed by atoms with Gasteiger partial charge >= 0.3 is 0 Å². The van der Waals surface area contributed by atoms with Crippen LogP contribution < -0.4 is 10.1 Å². The molecule has 0 unspecified atom stereocenters. The second kappa shape index (κ2) is 5.97. The number of nitrogens with one attached hydrogen (secondary N) is 1. The van der Waals surface area contributed by atoms with Gasteiger partial charge in [0.2, 0.25) is 6.33 Å². The van der Waals surface area contributed by atoms with E-state index in [0.29, 0.717) is 0 Å². The SMILES string of the molecule is COc1cccc(-c2c(-c3ccc4c(c3)CNC4)ccn3n[c]nc23)c1. The van der Waals surface area contributed by atoms with Gasteiger partial charge < -0.3 is 10.1 Å². The number of hydrogen-bond donors (Lipinski definition) is 1. The van der Waals surface area contributed by atoms with Crippen molar-refractivity contribution in [1.29, 1.82) is 0 Å². The predicted octanol–water partition coefficient (Wildman–Crippen LogP) is 3.48. The summed E-state index contributed by atoms with van der Waals surface area (Å²) in [5, 5.41) is 7.58. The first-order valence-electron chi connectivity index (χ1n) is 8.56. The van der Waals surface area contributed by atoms with Crippen molar-refractivity contribution < 1.29 is 4.74 Å². The fourth-order valence-electron chi connectivity index (χ4n) is 3.61. The van der Waals surface area contributed by atoms with E-state index in [9.17, 15) is 0 Å². The fourth-order valence-corrected chi connectivity index (χ4v) is 3.61. The second-order valence-corrected chi connectivity index (χ2v) is 6.40. The number of benzene rings is 2. The average molecular weight is 341 g/mol. The lowest BCUT2D eigenvalue weighted by molar-refractivity contribution is 0.415. The first-order valence-corrected chi connectivity index (χ1v) is 8.56. The molecule has 0 spiro atoms. The van der Waals surface area contributed by atoms with Crippen LogP contribution in [0.25, 0.3) is 27.9 Å². The molecule has 1 radical (unpaired) electrons. The van der Waals surface area contributed by atoms with Crippen LogP contribution in [0.15, 0.2) is 54.7 Å². The zero-order valence-electron chi connectivity index (χ0n) is 14.4. The third kappa shape index (κ3) is 2.36. The molecule has 0 aliphatic carbocycles. The Labute approximate surface area is 151 Å². The van der Waals surface area contributed by atoms with Gasteiger partial charge in [-0.3, -0.25) is 0 Å². The molecule has 3 heterocycles. The van der Waals surface area contributed by atoms with Gasteiger partial charge in [-0.25, -0.2) is 9.50 Å². The van der Waals surface area contributed by atoms with Crippen LogP contribution in [-0.4, -0.2) is 21.7 Å². The van der Waals surface area contributed by atoms with Gasteiger partial charge in [-0.1, -0.05) is 24.3 Å². The summed E-state index contributed by atoms with van der Waals surface area (Å²) in [4.78, 5) is 4.38. The molecule has 0 atom stereocenters. The first kappa shape index (κ1) is 15.1. The van der Waals surface area contributed by atoms with Crippen LogP contribution in [0.4, 0.5) is 0 Å². The third-order valence-corrected chi connectivity index (χ3v) is 4.91. The van der Waals surface area contributed by atoms with Crippen molar-refractivity contribution in [3.63, 3.8) is 0 Å². The van der Waals surface area contributed by atoms with Crippen LogP contribution in [-0.2, 0) is 13.1 Å². The standard InChI is InChI=1S/C21H17N4O/c1-26-18-4-2-3-15(10-18)20-19(7-8-25-21(20)23-13-24-25)14-5-6-16-11-22-12-17(16)9-14/h2-10,22H,11-12H2,1H3. The summed E-state index contributed by atoms with van der Waals surface area (Å²) in [7, 11) is 1.68. The molecule has 5 nitrogen and oxygen atoms in total. The summed E-state index contributed by atoms with van der Waals surface area (Å²) in [5.74, 6) is 0.817. The number of ether oxygens (including phenoxy) is 1. The van der Waals surface area contributed by atoms with Crippen molar-refractivity contribution in [2.24, 2.45) is 0 Å². The molecule has 4 aromatic rings. The summed E-state index contributed by atoms with van der Waals surface area (Å²) in [5.41, 5.74) is 7.89. The van der Waals surface area contributed by atoms with Crippen LogP contribution in [0.3, 0.4) is 0 Å². The largest absolute Gasteiger partial charge is 0.497 e. The molecule has 1 aliphatic rings. The van der Waals surface area contributed by atoms with Crippen LogP contribution in [0.2, 0.25) is 0 Å². The summed E-state index contributed by atoms with van der Waals surface area (Å²) in [6.07, 6.45) is 4.65. The number of methoxy groups -OCH3 is 1. The molecule has 2 aromatic heterocycles. The molecule has 0 saturated carbocycles. The lowest BCUT2D eigenvalue weighted by Crippen LogP contribution is -1.99. The molecule has 5 rings (SSSR count). The Kier molecular flexibility index (Phi) is 3.47. The maximum Gasteiger partial charge on any atom is 0.221 e. The van der Waals surface area contributed by atoms with E-state index in [-0.39, 0.29) is 0 Å². The monoisotopic (exact) mass is 341 g/mol. The number of rotatable bonds is 3. The first-order chi connectivity index (χ1) is 12.8. The van der Waals surface area contributed by atoms with Crippen molar-refractivity contribution in [3.8, 4) is 28.0 Å². The number of hydrogen-bond acceptors (Lipinski definition) is 4. The average Bonchev–Trinajstić information content (AvgIpc) is 3.35. The van der Waals surface area contributed by atoms with Gasteiger partial charge in [0.05, 0.1) is 7.11 Å². The van der Waals surface area contributed by atoms with Gasteiger partial charge in [-0.2, -0.15) is 0 Å². The second-order valence-electron chi connectivity index (χ2n) is 6.40. The molecular weight excluding hydrogens is 324 g/mol. The van der Waals surface area contributed by atoms with Gasteiger partial charge in [0.15, 0.2) is 5.65 Å². The van der Waals surface area contributed by atoms with Crippen molar-refractivity contribution in [1.82, 2.24) is 19.9 Å². The van der Waals surface area contributed by atoms with E-state index < -0.39 is 0 Å². The molecule has 5 heteroatoms. The van der Waals surface area contributed by atoms with Gasteiger partial charge in [0, 0.05) is 24.8 Å². The van der Waals surface area contributed by atoms with E-state index in [0.717, 1.165) is 41.2 Å². The highest BCUT2D eigenvalue weighted by atomic mass is 16.5. The molecule has 0 saturated heterocycles. The maximum atomic E-state index is 5.42. The molecule has 1 N–H and O–H groups in total. The molecule has 0 bridgehead atoms. The highest BCUT2D eigenvalue weighted by Crippen LogP contribution is 2.37. The molecular formula is C21H17N4O. The van der Waals surface area contributed by atoms with Gasteiger partial charge in [-0.05, 0) is 52.1 Å². The number of aromatic nitrogens is 3. The van der Waals surface area contributed by atoms with Crippen molar-refractivity contribution in [3.05, 3.63) is 72.2 Å². The Hall–Kier alpha value is -3.18. The Morgan fingerprint density at radius 1 is 1.04 bits per heavy atom. The third-order valence-electron chi connectivity index (χ3n) is 4.91. The zero-order valence-corrected chi connectivity index (χ0v) is 14.4.